The predicted molar refractivity (Wildman–Crippen MR) is 83.3 cm³/mol. The summed E-state index contributed by atoms with van der Waals surface area (Å²) in [7, 11) is 1.68. The molecular formula is C17H17N3O. The van der Waals surface area contributed by atoms with Crippen LogP contribution in [0.25, 0.3) is 22.5 Å². The van der Waals surface area contributed by atoms with Crippen molar-refractivity contribution in [2.45, 2.75) is 13.8 Å². The largest absolute Gasteiger partial charge is 0.496 e. The second-order valence-corrected chi connectivity index (χ2v) is 4.97. The molecule has 21 heavy (non-hydrogen) atoms. The minimum Gasteiger partial charge on any atom is -0.496 e. The number of ether oxygens (including phenoxy) is 1. The summed E-state index contributed by atoms with van der Waals surface area (Å²) in [5.41, 5.74) is 6.03. The van der Waals surface area contributed by atoms with Gasteiger partial charge in [-0.3, -0.25) is 10.1 Å². The summed E-state index contributed by atoms with van der Waals surface area (Å²) >= 11 is 0. The summed E-state index contributed by atoms with van der Waals surface area (Å²) in [6.07, 6.45) is 1.80. The van der Waals surface area contributed by atoms with Gasteiger partial charge in [0.15, 0.2) is 0 Å². The molecule has 0 atom stereocenters. The van der Waals surface area contributed by atoms with Crippen molar-refractivity contribution in [2.75, 3.05) is 7.11 Å². The molecule has 4 heteroatoms. The Kier molecular flexibility index (Phi) is 3.44. The van der Waals surface area contributed by atoms with Gasteiger partial charge < -0.3 is 4.74 Å². The lowest BCUT2D eigenvalue weighted by Crippen LogP contribution is -1.90. The molecule has 0 unspecified atom stereocenters. The van der Waals surface area contributed by atoms with Crippen LogP contribution in [0.5, 0.6) is 5.75 Å². The SMILES string of the molecule is COc1ccc(-c2n[nH]c(C)c2-c2ccccn2)cc1C. The van der Waals surface area contributed by atoms with Crippen molar-refractivity contribution >= 4 is 0 Å². The lowest BCUT2D eigenvalue weighted by molar-refractivity contribution is 0.412. The molecule has 0 aliphatic carbocycles. The van der Waals surface area contributed by atoms with E-state index in [0.717, 1.165) is 39.5 Å². The Hall–Kier alpha value is -2.62. The van der Waals surface area contributed by atoms with Gasteiger partial charge >= 0.3 is 0 Å². The monoisotopic (exact) mass is 279 g/mol. The second-order valence-electron chi connectivity index (χ2n) is 4.97. The number of aromatic amines is 1. The summed E-state index contributed by atoms with van der Waals surface area (Å²) in [5.74, 6) is 0.880. The van der Waals surface area contributed by atoms with Crippen LogP contribution in [0.3, 0.4) is 0 Å². The molecular weight excluding hydrogens is 262 g/mol. The van der Waals surface area contributed by atoms with E-state index in [9.17, 15) is 0 Å². The van der Waals surface area contributed by atoms with Crippen molar-refractivity contribution in [1.82, 2.24) is 15.2 Å². The maximum absolute atomic E-state index is 5.32. The van der Waals surface area contributed by atoms with Crippen LogP contribution in [0, 0.1) is 13.8 Å². The second kappa shape index (κ2) is 5.40. The van der Waals surface area contributed by atoms with Gasteiger partial charge in [0, 0.05) is 23.0 Å². The highest BCUT2D eigenvalue weighted by molar-refractivity contribution is 5.81. The van der Waals surface area contributed by atoms with Crippen LogP contribution in [0.15, 0.2) is 42.6 Å². The van der Waals surface area contributed by atoms with Crippen LogP contribution in [0.2, 0.25) is 0 Å². The van der Waals surface area contributed by atoms with Crippen LogP contribution in [-0.2, 0) is 0 Å². The van der Waals surface area contributed by atoms with Gasteiger partial charge in [0.1, 0.15) is 11.4 Å². The Morgan fingerprint density at radius 2 is 1.95 bits per heavy atom. The van der Waals surface area contributed by atoms with E-state index >= 15 is 0 Å². The van der Waals surface area contributed by atoms with E-state index in [0.29, 0.717) is 0 Å². The van der Waals surface area contributed by atoms with Crippen molar-refractivity contribution in [3.63, 3.8) is 0 Å². The maximum Gasteiger partial charge on any atom is 0.121 e. The van der Waals surface area contributed by atoms with Gasteiger partial charge in [-0.25, -0.2) is 0 Å². The average Bonchev–Trinajstić information content (AvgIpc) is 2.90. The third kappa shape index (κ3) is 2.40. The molecule has 3 rings (SSSR count). The number of methoxy groups -OCH3 is 1. The van der Waals surface area contributed by atoms with E-state index in [4.69, 9.17) is 4.74 Å². The molecule has 2 aromatic heterocycles. The molecule has 106 valence electrons. The van der Waals surface area contributed by atoms with Crippen molar-refractivity contribution in [3.8, 4) is 28.3 Å². The number of H-pyrrole nitrogens is 1. The first-order chi connectivity index (χ1) is 10.2. The molecule has 0 fully saturated rings. The summed E-state index contributed by atoms with van der Waals surface area (Å²) in [4.78, 5) is 4.44. The van der Waals surface area contributed by atoms with E-state index in [2.05, 4.69) is 21.2 Å². The Bertz CT molecular complexity index is 763. The van der Waals surface area contributed by atoms with E-state index < -0.39 is 0 Å². The Labute approximate surface area is 123 Å². The zero-order chi connectivity index (χ0) is 14.8. The molecule has 0 saturated carbocycles. The van der Waals surface area contributed by atoms with E-state index in [1.54, 1.807) is 13.3 Å². The van der Waals surface area contributed by atoms with Gasteiger partial charge in [0.2, 0.25) is 0 Å². The Morgan fingerprint density at radius 3 is 2.62 bits per heavy atom. The van der Waals surface area contributed by atoms with Crippen molar-refractivity contribution in [1.29, 1.82) is 0 Å². The standard InChI is InChI=1S/C17H17N3O/c1-11-10-13(7-8-15(11)21-3)17-16(12(2)19-20-17)14-6-4-5-9-18-14/h4-10H,1-3H3,(H,19,20). The highest BCUT2D eigenvalue weighted by Crippen LogP contribution is 2.33. The molecule has 0 bridgehead atoms. The number of nitrogens with one attached hydrogen (secondary N) is 1. The predicted octanol–water partition coefficient (Wildman–Crippen LogP) is 3.76. The third-order valence-corrected chi connectivity index (χ3v) is 3.54. The molecule has 2 heterocycles. The van der Waals surface area contributed by atoms with E-state index in [-0.39, 0.29) is 0 Å². The molecule has 0 aliphatic rings. The minimum atomic E-state index is 0.880. The average molecular weight is 279 g/mol. The van der Waals surface area contributed by atoms with Crippen LogP contribution in [0.1, 0.15) is 11.3 Å². The normalized spacial score (nSPS) is 10.6. The third-order valence-electron chi connectivity index (χ3n) is 3.54. The molecule has 4 nitrogen and oxygen atoms in total. The number of aromatic nitrogens is 3. The summed E-state index contributed by atoms with van der Waals surface area (Å²) in [6.45, 7) is 4.04. The lowest BCUT2D eigenvalue weighted by Gasteiger charge is -2.08. The highest BCUT2D eigenvalue weighted by atomic mass is 16.5. The number of benzene rings is 1. The Morgan fingerprint density at radius 1 is 1.10 bits per heavy atom. The molecule has 1 aromatic carbocycles. The number of hydrogen-bond donors (Lipinski definition) is 1. The lowest BCUT2D eigenvalue weighted by atomic mass is 10.0. The Balaban J connectivity index is 2.14. The van der Waals surface area contributed by atoms with Gasteiger partial charge in [-0.15, -0.1) is 0 Å². The van der Waals surface area contributed by atoms with E-state index in [1.165, 1.54) is 0 Å². The molecule has 3 aromatic rings. The molecule has 0 aliphatic heterocycles. The van der Waals surface area contributed by atoms with Gasteiger partial charge in [0.05, 0.1) is 12.8 Å². The molecule has 0 spiro atoms. The van der Waals surface area contributed by atoms with Crippen LogP contribution >= 0.6 is 0 Å². The highest BCUT2D eigenvalue weighted by Gasteiger charge is 2.15. The molecule has 0 amide bonds. The maximum atomic E-state index is 5.32. The van der Waals surface area contributed by atoms with Crippen LogP contribution < -0.4 is 4.74 Å². The number of pyridine rings is 1. The first kappa shape index (κ1) is 13.4. The fraction of sp³-hybridized carbons (Fsp3) is 0.176. The minimum absolute atomic E-state index is 0.880. The first-order valence-corrected chi connectivity index (χ1v) is 6.82. The first-order valence-electron chi connectivity index (χ1n) is 6.82. The van der Waals surface area contributed by atoms with Crippen molar-refractivity contribution in [3.05, 3.63) is 53.9 Å². The van der Waals surface area contributed by atoms with Crippen molar-refractivity contribution in [2.24, 2.45) is 0 Å². The quantitative estimate of drug-likeness (QED) is 0.794. The fourth-order valence-electron chi connectivity index (χ4n) is 2.49. The number of nitrogens with zero attached hydrogens (tertiary/aromatic N) is 2. The number of aryl methyl sites for hydroxylation is 2. The van der Waals surface area contributed by atoms with Gasteiger partial charge in [0.25, 0.3) is 0 Å². The number of rotatable bonds is 3. The van der Waals surface area contributed by atoms with Crippen LogP contribution in [0.4, 0.5) is 0 Å². The smallest absolute Gasteiger partial charge is 0.121 e. The molecule has 0 radical (unpaired) electrons. The topological polar surface area (TPSA) is 50.8 Å². The summed E-state index contributed by atoms with van der Waals surface area (Å²) in [5, 5.41) is 7.51. The molecule has 0 saturated heterocycles. The summed E-state index contributed by atoms with van der Waals surface area (Å²) < 4.78 is 5.32. The van der Waals surface area contributed by atoms with Gasteiger partial charge in [-0.2, -0.15) is 5.10 Å². The van der Waals surface area contributed by atoms with Crippen LogP contribution in [-0.4, -0.2) is 22.3 Å². The zero-order valence-corrected chi connectivity index (χ0v) is 12.3. The van der Waals surface area contributed by atoms with Gasteiger partial charge in [-0.1, -0.05) is 6.07 Å². The zero-order valence-electron chi connectivity index (χ0n) is 12.3. The fourth-order valence-corrected chi connectivity index (χ4v) is 2.49. The van der Waals surface area contributed by atoms with Crippen molar-refractivity contribution < 1.29 is 4.74 Å². The number of hydrogen-bond acceptors (Lipinski definition) is 3. The molecule has 1 N–H and O–H groups in total. The van der Waals surface area contributed by atoms with Gasteiger partial charge in [-0.05, 0) is 49.7 Å². The summed E-state index contributed by atoms with van der Waals surface area (Å²) in [6, 6.07) is 12.0. The van der Waals surface area contributed by atoms with E-state index in [1.807, 2.05) is 44.2 Å².